The Labute approximate surface area is 124 Å². The fourth-order valence-corrected chi connectivity index (χ4v) is 3.04. The Hall–Kier alpha value is -0.900. The van der Waals surface area contributed by atoms with Crippen LogP contribution in [0.4, 0.5) is 0 Å². The Balaban J connectivity index is 1.75. The summed E-state index contributed by atoms with van der Waals surface area (Å²) in [5.74, 6) is 0. The highest BCUT2D eigenvalue weighted by Crippen LogP contribution is 2.11. The van der Waals surface area contributed by atoms with Crippen molar-refractivity contribution in [3.05, 3.63) is 35.9 Å². The van der Waals surface area contributed by atoms with Crippen LogP contribution < -0.4 is 5.32 Å². The predicted octanol–water partition coefficient (Wildman–Crippen LogP) is 2.19. The van der Waals surface area contributed by atoms with E-state index in [4.69, 9.17) is 0 Å². The quantitative estimate of drug-likeness (QED) is 0.858. The Bertz CT molecular complexity index is 380. The van der Waals surface area contributed by atoms with Crippen molar-refractivity contribution in [2.24, 2.45) is 0 Å². The fraction of sp³-hybridized carbons (Fsp3) is 0.647. The van der Waals surface area contributed by atoms with E-state index >= 15 is 0 Å². The van der Waals surface area contributed by atoms with Crippen molar-refractivity contribution in [3.8, 4) is 0 Å². The van der Waals surface area contributed by atoms with Crippen LogP contribution in [0.3, 0.4) is 0 Å². The van der Waals surface area contributed by atoms with Gasteiger partial charge in [0.15, 0.2) is 0 Å². The summed E-state index contributed by atoms with van der Waals surface area (Å²) in [6.45, 7) is 14.8. The van der Waals surface area contributed by atoms with Gasteiger partial charge in [-0.15, -0.1) is 0 Å². The first-order valence-corrected chi connectivity index (χ1v) is 7.83. The Morgan fingerprint density at radius 1 is 1.00 bits per heavy atom. The Kier molecular flexibility index (Phi) is 5.58. The minimum absolute atomic E-state index is 0.219. The molecule has 0 atom stereocenters. The second-order valence-corrected chi connectivity index (χ2v) is 6.45. The molecule has 1 aromatic carbocycles. The summed E-state index contributed by atoms with van der Waals surface area (Å²) in [5.41, 5.74) is 1.64. The normalized spacial score (nSPS) is 18.4. The van der Waals surface area contributed by atoms with Gasteiger partial charge >= 0.3 is 0 Å². The second kappa shape index (κ2) is 7.21. The zero-order valence-electron chi connectivity index (χ0n) is 13.2. The molecule has 20 heavy (non-hydrogen) atoms. The summed E-state index contributed by atoms with van der Waals surface area (Å²) in [4.78, 5) is 5.15. The molecule has 0 aliphatic carbocycles. The molecule has 1 N–H and O–H groups in total. The summed E-state index contributed by atoms with van der Waals surface area (Å²) in [5, 5.41) is 3.56. The number of benzene rings is 1. The van der Waals surface area contributed by atoms with Gasteiger partial charge in [0.05, 0.1) is 0 Å². The van der Waals surface area contributed by atoms with Gasteiger partial charge in [-0.05, 0) is 26.0 Å². The lowest BCUT2D eigenvalue weighted by molar-refractivity contribution is 0.104. The van der Waals surface area contributed by atoms with E-state index < -0.39 is 0 Å². The van der Waals surface area contributed by atoms with E-state index in [1.807, 2.05) is 0 Å². The highest BCUT2D eigenvalue weighted by atomic mass is 15.3. The van der Waals surface area contributed by atoms with Crippen LogP contribution in [0.25, 0.3) is 0 Å². The molecule has 3 nitrogen and oxygen atoms in total. The molecule has 1 aliphatic rings. The topological polar surface area (TPSA) is 18.5 Å². The maximum Gasteiger partial charge on any atom is 0.0252 e. The zero-order valence-corrected chi connectivity index (χ0v) is 13.2. The van der Waals surface area contributed by atoms with Crippen LogP contribution in [0.5, 0.6) is 0 Å². The lowest BCUT2D eigenvalue weighted by Gasteiger charge is -2.39. The van der Waals surface area contributed by atoms with Crippen LogP contribution >= 0.6 is 0 Å². The number of rotatable bonds is 6. The highest BCUT2D eigenvalue weighted by molar-refractivity contribution is 5.14. The monoisotopic (exact) mass is 275 g/mol. The van der Waals surface area contributed by atoms with Gasteiger partial charge in [-0.3, -0.25) is 9.80 Å². The van der Waals surface area contributed by atoms with Crippen molar-refractivity contribution in [2.75, 3.05) is 39.3 Å². The number of likely N-dealkylation sites (N-methyl/N-ethyl adjacent to an activating group) is 1. The maximum absolute atomic E-state index is 3.56. The van der Waals surface area contributed by atoms with E-state index in [1.165, 1.54) is 31.7 Å². The third-order valence-electron chi connectivity index (χ3n) is 3.99. The third-order valence-corrected chi connectivity index (χ3v) is 3.99. The first kappa shape index (κ1) is 15.5. The molecule has 0 spiro atoms. The molecule has 0 amide bonds. The van der Waals surface area contributed by atoms with E-state index in [9.17, 15) is 0 Å². The number of hydrogen-bond acceptors (Lipinski definition) is 3. The SMILES string of the molecule is CCNC(C)(C)CN1CCN(Cc2ccccc2)CC1. The van der Waals surface area contributed by atoms with Gasteiger partial charge < -0.3 is 5.32 Å². The van der Waals surface area contributed by atoms with E-state index in [1.54, 1.807) is 0 Å². The molecule has 112 valence electrons. The predicted molar refractivity (Wildman–Crippen MR) is 85.9 cm³/mol. The van der Waals surface area contributed by atoms with Gasteiger partial charge in [-0.1, -0.05) is 37.3 Å². The van der Waals surface area contributed by atoms with Gasteiger partial charge in [0.25, 0.3) is 0 Å². The average Bonchev–Trinajstić information content (AvgIpc) is 2.42. The first-order chi connectivity index (χ1) is 9.59. The molecule has 0 bridgehead atoms. The van der Waals surface area contributed by atoms with Gasteiger partial charge in [-0.25, -0.2) is 0 Å². The molecule has 1 aromatic rings. The molecule has 1 saturated heterocycles. The van der Waals surface area contributed by atoms with E-state index in [-0.39, 0.29) is 5.54 Å². The molecule has 0 radical (unpaired) electrons. The van der Waals surface area contributed by atoms with Crippen LogP contribution in [0.15, 0.2) is 30.3 Å². The van der Waals surface area contributed by atoms with Crippen molar-refractivity contribution in [3.63, 3.8) is 0 Å². The summed E-state index contributed by atoms with van der Waals surface area (Å²) < 4.78 is 0. The van der Waals surface area contributed by atoms with Crippen molar-refractivity contribution < 1.29 is 0 Å². The van der Waals surface area contributed by atoms with Crippen molar-refractivity contribution in [1.29, 1.82) is 0 Å². The third kappa shape index (κ3) is 4.89. The second-order valence-electron chi connectivity index (χ2n) is 6.45. The van der Waals surface area contributed by atoms with Gasteiger partial charge in [0.1, 0.15) is 0 Å². The molecule has 0 unspecified atom stereocenters. The number of nitrogens with one attached hydrogen (secondary N) is 1. The summed E-state index contributed by atoms with van der Waals surface area (Å²) in [7, 11) is 0. The summed E-state index contributed by atoms with van der Waals surface area (Å²) in [6, 6.07) is 10.8. The van der Waals surface area contributed by atoms with Crippen LogP contribution in [-0.4, -0.2) is 54.6 Å². The van der Waals surface area contributed by atoms with E-state index in [2.05, 4.69) is 66.2 Å². The lowest BCUT2D eigenvalue weighted by Crippen LogP contribution is -2.54. The van der Waals surface area contributed by atoms with Gasteiger partial charge in [0, 0.05) is 44.8 Å². The van der Waals surface area contributed by atoms with E-state index in [0.717, 1.165) is 19.6 Å². The Morgan fingerprint density at radius 2 is 1.60 bits per heavy atom. The molecule has 0 aromatic heterocycles. The van der Waals surface area contributed by atoms with Crippen LogP contribution in [-0.2, 0) is 6.54 Å². The minimum Gasteiger partial charge on any atom is -0.311 e. The van der Waals surface area contributed by atoms with Crippen LogP contribution in [0.2, 0.25) is 0 Å². The fourth-order valence-electron chi connectivity index (χ4n) is 3.04. The van der Waals surface area contributed by atoms with E-state index in [0.29, 0.717) is 0 Å². The van der Waals surface area contributed by atoms with Crippen molar-refractivity contribution in [1.82, 2.24) is 15.1 Å². The number of nitrogens with zero attached hydrogens (tertiary/aromatic N) is 2. The molecular weight excluding hydrogens is 246 g/mol. The molecule has 1 fully saturated rings. The van der Waals surface area contributed by atoms with Crippen LogP contribution in [0.1, 0.15) is 26.3 Å². The zero-order chi connectivity index (χ0) is 14.4. The summed E-state index contributed by atoms with van der Waals surface area (Å²) in [6.07, 6.45) is 0. The lowest BCUT2D eigenvalue weighted by atomic mass is 10.0. The molecule has 1 aliphatic heterocycles. The standard InChI is InChI=1S/C17H29N3/c1-4-18-17(2,3)15-20-12-10-19(11-13-20)14-16-8-6-5-7-9-16/h5-9,18H,4,10-15H2,1-3H3. The first-order valence-electron chi connectivity index (χ1n) is 7.83. The van der Waals surface area contributed by atoms with Gasteiger partial charge in [-0.2, -0.15) is 0 Å². The van der Waals surface area contributed by atoms with Crippen molar-refractivity contribution in [2.45, 2.75) is 32.9 Å². The molecule has 0 saturated carbocycles. The number of piperazine rings is 1. The summed E-state index contributed by atoms with van der Waals surface area (Å²) >= 11 is 0. The number of hydrogen-bond donors (Lipinski definition) is 1. The van der Waals surface area contributed by atoms with Crippen LogP contribution in [0, 0.1) is 0 Å². The van der Waals surface area contributed by atoms with Crippen molar-refractivity contribution >= 4 is 0 Å². The highest BCUT2D eigenvalue weighted by Gasteiger charge is 2.23. The molecule has 3 heteroatoms. The molecular formula is C17H29N3. The molecule has 2 rings (SSSR count). The average molecular weight is 275 g/mol. The largest absolute Gasteiger partial charge is 0.311 e. The molecule has 1 heterocycles. The Morgan fingerprint density at radius 3 is 2.20 bits per heavy atom. The van der Waals surface area contributed by atoms with Gasteiger partial charge in [0.2, 0.25) is 0 Å². The minimum atomic E-state index is 0.219. The smallest absolute Gasteiger partial charge is 0.0252 e. The maximum atomic E-state index is 3.56.